The van der Waals surface area contributed by atoms with E-state index in [4.69, 9.17) is 0 Å². The average molecular weight is 628 g/mol. The summed E-state index contributed by atoms with van der Waals surface area (Å²) < 4.78 is 0. The summed E-state index contributed by atoms with van der Waals surface area (Å²) in [6, 6.07) is 56.7. The molecule has 0 aromatic heterocycles. The molecule has 49 heavy (non-hydrogen) atoms. The highest BCUT2D eigenvalue weighted by Crippen LogP contribution is 2.57. The van der Waals surface area contributed by atoms with Gasteiger partial charge in [0.2, 0.25) is 0 Å². The number of nitrogens with zero attached hydrogens (tertiary/aromatic N) is 1. The molecule has 10 rings (SSSR count). The van der Waals surface area contributed by atoms with Gasteiger partial charge in [0.05, 0.1) is 17.1 Å². The number of para-hydroxylation sites is 2. The Morgan fingerprint density at radius 3 is 1.33 bits per heavy atom. The third kappa shape index (κ3) is 3.71. The Morgan fingerprint density at radius 2 is 0.755 bits per heavy atom. The molecular formula is C48H37N. The molecule has 0 saturated carbocycles. The standard InChI is InChI=1S/C48H37N/c1-47(2)38-24-12-11-23-36(38)45-31-18-6-5-17-30(31)37(29-41(45)47)44-32-19-7-9-21-34(32)46(35-22-10-8-20-33(35)44)49-42-27-15-13-25-39(42)48(3,4)40-26-14-16-28-43(40)49/h5-29H,1-4H3. The van der Waals surface area contributed by atoms with Crippen LogP contribution in [0.3, 0.4) is 0 Å². The van der Waals surface area contributed by atoms with Crippen molar-refractivity contribution in [3.05, 3.63) is 174 Å². The minimum atomic E-state index is -0.122. The van der Waals surface area contributed by atoms with Gasteiger partial charge < -0.3 is 4.90 Å². The minimum absolute atomic E-state index is 0.107. The highest BCUT2D eigenvalue weighted by atomic mass is 15.2. The average Bonchev–Trinajstić information content (AvgIpc) is 3.37. The highest BCUT2D eigenvalue weighted by Gasteiger charge is 2.39. The monoisotopic (exact) mass is 627 g/mol. The van der Waals surface area contributed by atoms with E-state index in [9.17, 15) is 0 Å². The fraction of sp³-hybridized carbons (Fsp3) is 0.125. The fourth-order valence-electron chi connectivity index (χ4n) is 9.30. The Bertz CT molecular complexity index is 2570. The van der Waals surface area contributed by atoms with Crippen LogP contribution in [0.1, 0.15) is 49.9 Å². The van der Waals surface area contributed by atoms with E-state index < -0.39 is 0 Å². The van der Waals surface area contributed by atoms with Gasteiger partial charge in [-0.15, -0.1) is 0 Å². The van der Waals surface area contributed by atoms with Crippen molar-refractivity contribution >= 4 is 49.4 Å². The van der Waals surface area contributed by atoms with E-state index in [2.05, 4.69) is 184 Å². The lowest BCUT2D eigenvalue weighted by molar-refractivity contribution is 0.632. The summed E-state index contributed by atoms with van der Waals surface area (Å²) in [7, 11) is 0. The van der Waals surface area contributed by atoms with Crippen molar-refractivity contribution in [2.24, 2.45) is 0 Å². The first kappa shape index (κ1) is 28.4. The lowest BCUT2D eigenvalue weighted by Crippen LogP contribution is -2.30. The minimum Gasteiger partial charge on any atom is -0.309 e. The van der Waals surface area contributed by atoms with Gasteiger partial charge in [0, 0.05) is 21.6 Å². The van der Waals surface area contributed by atoms with Gasteiger partial charge in [-0.1, -0.05) is 161 Å². The molecule has 0 radical (unpaired) electrons. The second-order valence-electron chi connectivity index (χ2n) is 14.9. The molecule has 0 unspecified atom stereocenters. The molecule has 8 aromatic rings. The molecule has 2 aliphatic rings. The number of fused-ring (bicyclic) bond motifs is 9. The Labute approximate surface area is 288 Å². The quantitative estimate of drug-likeness (QED) is 0.172. The SMILES string of the molecule is CC1(C)c2ccccc2N(c2c3ccccc3c(-c3cc4c(c5ccccc35)-c3ccccc3C4(C)C)c3ccccc23)c2ccccc21. The van der Waals surface area contributed by atoms with E-state index in [0.29, 0.717) is 0 Å². The molecule has 0 fully saturated rings. The number of hydrogen-bond donors (Lipinski definition) is 0. The zero-order chi connectivity index (χ0) is 33.1. The maximum atomic E-state index is 2.55. The molecule has 8 aromatic carbocycles. The molecule has 1 nitrogen and oxygen atoms in total. The Kier molecular flexibility index (Phi) is 5.75. The lowest BCUT2D eigenvalue weighted by atomic mass is 9.73. The zero-order valence-electron chi connectivity index (χ0n) is 28.4. The Morgan fingerprint density at radius 1 is 0.347 bits per heavy atom. The van der Waals surface area contributed by atoms with Gasteiger partial charge in [-0.05, 0) is 84.3 Å². The van der Waals surface area contributed by atoms with Gasteiger partial charge in [0.15, 0.2) is 0 Å². The van der Waals surface area contributed by atoms with Crippen molar-refractivity contribution in [2.75, 3.05) is 4.90 Å². The molecule has 0 N–H and O–H groups in total. The van der Waals surface area contributed by atoms with Crippen molar-refractivity contribution in [1.82, 2.24) is 0 Å². The van der Waals surface area contributed by atoms with E-state index in [0.717, 1.165) is 0 Å². The van der Waals surface area contributed by atoms with E-state index in [1.165, 1.54) is 93.9 Å². The summed E-state index contributed by atoms with van der Waals surface area (Å²) in [5.74, 6) is 0. The first-order valence-corrected chi connectivity index (χ1v) is 17.5. The second-order valence-corrected chi connectivity index (χ2v) is 14.9. The second kappa shape index (κ2) is 9.94. The number of rotatable bonds is 2. The molecule has 1 heterocycles. The van der Waals surface area contributed by atoms with Crippen LogP contribution in [-0.2, 0) is 10.8 Å². The maximum Gasteiger partial charge on any atom is 0.0619 e. The largest absolute Gasteiger partial charge is 0.309 e. The Hall–Kier alpha value is -5.66. The van der Waals surface area contributed by atoms with Crippen LogP contribution in [0.25, 0.3) is 54.6 Å². The molecule has 0 saturated heterocycles. The van der Waals surface area contributed by atoms with Crippen molar-refractivity contribution < 1.29 is 0 Å². The first-order valence-electron chi connectivity index (χ1n) is 17.5. The lowest BCUT2D eigenvalue weighted by Gasteiger charge is -2.42. The first-order chi connectivity index (χ1) is 23.9. The van der Waals surface area contributed by atoms with Gasteiger partial charge in [0.25, 0.3) is 0 Å². The van der Waals surface area contributed by atoms with E-state index in [-0.39, 0.29) is 10.8 Å². The van der Waals surface area contributed by atoms with E-state index in [1.807, 2.05) is 0 Å². The van der Waals surface area contributed by atoms with Gasteiger partial charge in [-0.25, -0.2) is 0 Å². The summed E-state index contributed by atoms with van der Waals surface area (Å²) in [6.07, 6.45) is 0. The summed E-state index contributed by atoms with van der Waals surface area (Å²) in [6.45, 7) is 9.50. The summed E-state index contributed by atoms with van der Waals surface area (Å²) in [5, 5.41) is 7.68. The molecular weight excluding hydrogens is 591 g/mol. The van der Waals surface area contributed by atoms with Gasteiger partial charge in [0.1, 0.15) is 0 Å². The van der Waals surface area contributed by atoms with Gasteiger partial charge in [-0.3, -0.25) is 0 Å². The van der Waals surface area contributed by atoms with Crippen LogP contribution in [0.4, 0.5) is 17.1 Å². The molecule has 0 amide bonds. The third-order valence-corrected chi connectivity index (χ3v) is 11.6. The fourth-order valence-corrected chi connectivity index (χ4v) is 9.30. The van der Waals surface area contributed by atoms with Crippen LogP contribution in [0, 0.1) is 0 Å². The number of hydrogen-bond acceptors (Lipinski definition) is 1. The summed E-state index contributed by atoms with van der Waals surface area (Å²) >= 11 is 0. The van der Waals surface area contributed by atoms with Crippen molar-refractivity contribution in [1.29, 1.82) is 0 Å². The summed E-state index contributed by atoms with van der Waals surface area (Å²) in [5.41, 5.74) is 14.4. The normalized spacial score (nSPS) is 15.2. The predicted molar refractivity (Wildman–Crippen MR) is 209 cm³/mol. The van der Waals surface area contributed by atoms with Gasteiger partial charge >= 0.3 is 0 Å². The molecule has 234 valence electrons. The molecule has 0 bridgehead atoms. The topological polar surface area (TPSA) is 3.24 Å². The van der Waals surface area contributed by atoms with Crippen LogP contribution < -0.4 is 4.90 Å². The summed E-state index contributed by atoms with van der Waals surface area (Å²) in [4.78, 5) is 2.55. The molecule has 1 heteroatoms. The van der Waals surface area contributed by atoms with Crippen LogP contribution in [-0.4, -0.2) is 0 Å². The number of anilines is 3. The predicted octanol–water partition coefficient (Wildman–Crippen LogP) is 13.2. The molecule has 1 aliphatic carbocycles. The molecule has 0 spiro atoms. The third-order valence-electron chi connectivity index (χ3n) is 11.6. The Balaban J connectivity index is 1.35. The smallest absolute Gasteiger partial charge is 0.0619 e. The van der Waals surface area contributed by atoms with Gasteiger partial charge in [-0.2, -0.15) is 0 Å². The zero-order valence-corrected chi connectivity index (χ0v) is 28.4. The van der Waals surface area contributed by atoms with Crippen LogP contribution in [0.2, 0.25) is 0 Å². The molecule has 0 atom stereocenters. The highest BCUT2D eigenvalue weighted by molar-refractivity contribution is 6.25. The molecule has 1 aliphatic heterocycles. The van der Waals surface area contributed by atoms with E-state index >= 15 is 0 Å². The van der Waals surface area contributed by atoms with Crippen molar-refractivity contribution in [3.63, 3.8) is 0 Å². The van der Waals surface area contributed by atoms with Crippen LogP contribution in [0.5, 0.6) is 0 Å². The maximum absolute atomic E-state index is 2.55. The van der Waals surface area contributed by atoms with Crippen molar-refractivity contribution in [3.8, 4) is 22.3 Å². The van der Waals surface area contributed by atoms with Crippen LogP contribution >= 0.6 is 0 Å². The number of benzene rings is 8. The van der Waals surface area contributed by atoms with Crippen molar-refractivity contribution in [2.45, 2.75) is 38.5 Å². The van der Waals surface area contributed by atoms with Crippen LogP contribution in [0.15, 0.2) is 152 Å². The van der Waals surface area contributed by atoms with E-state index in [1.54, 1.807) is 0 Å².